The summed E-state index contributed by atoms with van der Waals surface area (Å²) in [5.41, 5.74) is 0.900. The summed E-state index contributed by atoms with van der Waals surface area (Å²) in [4.78, 5) is 4.24. The molecule has 2 rings (SSSR count). The van der Waals surface area contributed by atoms with Crippen LogP contribution in [0.5, 0.6) is 0 Å². The Hall–Kier alpha value is -1.91. The Balaban J connectivity index is 2.93. The first-order chi connectivity index (χ1) is 5.77. The van der Waals surface area contributed by atoms with Crippen molar-refractivity contribution in [2.45, 2.75) is 0 Å². The highest BCUT2D eigenvalue weighted by Crippen LogP contribution is 2.02. The lowest BCUT2D eigenvalue weighted by Gasteiger charge is -1.96. The number of rotatable bonds is 0. The highest BCUT2D eigenvalue weighted by atomic mass is 16.5. The topological polar surface area (TPSA) is 74.8 Å². The summed E-state index contributed by atoms with van der Waals surface area (Å²) >= 11 is 0. The zero-order valence-electron chi connectivity index (χ0n) is 6.10. The summed E-state index contributed by atoms with van der Waals surface area (Å²) in [6.45, 7) is 0. The molecule has 0 spiro atoms. The monoisotopic (exact) mass is 162 g/mol. The van der Waals surface area contributed by atoms with Crippen LogP contribution in [0.25, 0.3) is 11.0 Å². The first-order valence-electron chi connectivity index (χ1n) is 3.37. The molecule has 60 valence electrons. The van der Waals surface area contributed by atoms with E-state index < -0.39 is 0 Å². The van der Waals surface area contributed by atoms with E-state index in [2.05, 4.69) is 10.1 Å². The van der Waals surface area contributed by atoms with Gasteiger partial charge < -0.3 is 5.21 Å². The smallest absolute Gasteiger partial charge is 0.277 e. The van der Waals surface area contributed by atoms with Crippen LogP contribution in [0.2, 0.25) is 0 Å². The fourth-order valence-electron chi connectivity index (χ4n) is 0.951. The predicted molar refractivity (Wildman–Crippen MR) is 40.6 cm³/mol. The third kappa shape index (κ3) is 0.914. The maximum atomic E-state index is 8.97. The molecule has 0 aliphatic carbocycles. The van der Waals surface area contributed by atoms with Crippen molar-refractivity contribution in [3.8, 4) is 0 Å². The number of nitrogens with one attached hydrogen (secondary N) is 1. The number of hydrogen-bond donors (Lipinski definition) is 2. The van der Waals surface area contributed by atoms with Crippen LogP contribution in [0.4, 0.5) is 0 Å². The van der Waals surface area contributed by atoms with E-state index in [1.54, 1.807) is 24.3 Å². The van der Waals surface area contributed by atoms with E-state index in [9.17, 15) is 0 Å². The van der Waals surface area contributed by atoms with Gasteiger partial charge in [0, 0.05) is 0 Å². The molecule has 1 aromatic carbocycles. The average Bonchev–Trinajstić information content (AvgIpc) is 2.07. The maximum Gasteiger partial charge on any atom is 0.277 e. The van der Waals surface area contributed by atoms with Gasteiger partial charge in [0.1, 0.15) is 5.52 Å². The summed E-state index contributed by atoms with van der Waals surface area (Å²) in [5.74, 6) is 0. The van der Waals surface area contributed by atoms with Gasteiger partial charge in [0.25, 0.3) is 5.62 Å². The molecule has 0 saturated carbocycles. The Morgan fingerprint density at radius 1 is 1.25 bits per heavy atom. The molecule has 0 atom stereocenters. The van der Waals surface area contributed by atoms with Crippen LogP contribution in [0, 0.1) is 5.41 Å². The van der Waals surface area contributed by atoms with Crippen LogP contribution in [-0.2, 0) is 0 Å². The molecule has 0 radical (unpaired) electrons. The van der Waals surface area contributed by atoms with Crippen molar-refractivity contribution < 1.29 is 5.21 Å². The first-order valence-corrected chi connectivity index (χ1v) is 3.37. The number of para-hydroxylation sites is 1. The number of benzene rings is 1. The number of hydrogen-bond acceptors (Lipinski definition) is 4. The molecule has 1 heterocycles. The third-order valence-corrected chi connectivity index (χ3v) is 1.50. The van der Waals surface area contributed by atoms with Crippen molar-refractivity contribution in [2.75, 3.05) is 0 Å². The van der Waals surface area contributed by atoms with Gasteiger partial charge >= 0.3 is 0 Å². The van der Waals surface area contributed by atoms with Gasteiger partial charge in [0.15, 0.2) is 0 Å². The van der Waals surface area contributed by atoms with Gasteiger partial charge in [-0.1, -0.05) is 17.0 Å². The average molecular weight is 162 g/mol. The molecule has 0 aliphatic rings. The Labute approximate surface area is 67.4 Å². The Bertz CT molecular complexity index is 476. The van der Waals surface area contributed by atoms with Crippen molar-refractivity contribution >= 4 is 11.0 Å². The molecule has 0 unspecified atom stereocenters. The molecule has 5 nitrogen and oxygen atoms in total. The number of aromatic nitrogens is 3. The van der Waals surface area contributed by atoms with Gasteiger partial charge in [-0.15, -0.1) is 5.10 Å². The fraction of sp³-hybridized carbons (Fsp3) is 0. The van der Waals surface area contributed by atoms with Gasteiger partial charge in [0.05, 0.1) is 5.52 Å². The predicted octanol–water partition coefficient (Wildman–Crippen LogP) is 0.148. The Morgan fingerprint density at radius 2 is 1.92 bits per heavy atom. The molecule has 0 aliphatic heterocycles. The Kier molecular flexibility index (Phi) is 1.30. The fourth-order valence-corrected chi connectivity index (χ4v) is 0.951. The molecule has 5 heteroatoms. The van der Waals surface area contributed by atoms with Crippen LogP contribution in [-0.4, -0.2) is 20.1 Å². The molecule has 1 aromatic heterocycles. The summed E-state index contributed by atoms with van der Waals surface area (Å²) in [5, 5.41) is 19.8. The zero-order chi connectivity index (χ0) is 8.55. The van der Waals surface area contributed by atoms with E-state index >= 15 is 0 Å². The standard InChI is InChI=1S/C7H6N4O/c8-7-9-5-3-1-2-4-6(5)10-11(7)12/h1-4,8,12H. The van der Waals surface area contributed by atoms with Crippen LogP contribution in [0.15, 0.2) is 24.3 Å². The lowest BCUT2D eigenvalue weighted by molar-refractivity contribution is 0.128. The molecule has 2 aromatic rings. The Morgan fingerprint density at radius 3 is 2.67 bits per heavy atom. The minimum absolute atomic E-state index is 0.270. The lowest BCUT2D eigenvalue weighted by atomic mass is 10.3. The van der Waals surface area contributed by atoms with Crippen LogP contribution in [0.3, 0.4) is 0 Å². The van der Waals surface area contributed by atoms with Gasteiger partial charge in [-0.25, -0.2) is 4.98 Å². The van der Waals surface area contributed by atoms with Crippen LogP contribution < -0.4 is 5.62 Å². The SMILES string of the molecule is N=c1nc2ccccc2nn1O. The highest BCUT2D eigenvalue weighted by molar-refractivity contribution is 5.72. The van der Waals surface area contributed by atoms with Crippen molar-refractivity contribution in [3.63, 3.8) is 0 Å². The van der Waals surface area contributed by atoms with E-state index in [-0.39, 0.29) is 5.62 Å². The largest absolute Gasteiger partial charge is 0.409 e. The lowest BCUT2D eigenvalue weighted by Crippen LogP contribution is -2.23. The van der Waals surface area contributed by atoms with Crippen LogP contribution >= 0.6 is 0 Å². The number of fused-ring (bicyclic) bond motifs is 1. The van der Waals surface area contributed by atoms with E-state index in [0.717, 1.165) is 0 Å². The summed E-state index contributed by atoms with van der Waals surface area (Å²) in [6, 6.07) is 7.05. The van der Waals surface area contributed by atoms with Gasteiger partial charge in [0.2, 0.25) is 0 Å². The molecule has 0 saturated heterocycles. The molecular weight excluding hydrogens is 156 g/mol. The highest BCUT2D eigenvalue weighted by Gasteiger charge is 1.96. The van der Waals surface area contributed by atoms with Crippen molar-refractivity contribution in [3.05, 3.63) is 29.9 Å². The molecule has 0 fully saturated rings. The second-order valence-corrected chi connectivity index (χ2v) is 2.31. The normalized spacial score (nSPS) is 10.3. The minimum atomic E-state index is -0.270. The van der Waals surface area contributed by atoms with Gasteiger partial charge in [-0.3, -0.25) is 5.41 Å². The summed E-state index contributed by atoms with van der Waals surface area (Å²) < 4.78 is 0. The minimum Gasteiger partial charge on any atom is -0.409 e. The van der Waals surface area contributed by atoms with E-state index in [1.807, 2.05) is 0 Å². The van der Waals surface area contributed by atoms with E-state index in [1.165, 1.54) is 0 Å². The van der Waals surface area contributed by atoms with Crippen molar-refractivity contribution in [2.24, 2.45) is 0 Å². The molecule has 12 heavy (non-hydrogen) atoms. The number of nitrogens with zero attached hydrogens (tertiary/aromatic N) is 3. The molecular formula is C7H6N4O. The van der Waals surface area contributed by atoms with E-state index in [4.69, 9.17) is 10.6 Å². The zero-order valence-corrected chi connectivity index (χ0v) is 6.10. The molecule has 0 amide bonds. The van der Waals surface area contributed by atoms with Crippen molar-refractivity contribution in [1.29, 1.82) is 5.41 Å². The third-order valence-electron chi connectivity index (χ3n) is 1.50. The van der Waals surface area contributed by atoms with E-state index in [0.29, 0.717) is 15.9 Å². The molecule has 2 N–H and O–H groups in total. The summed E-state index contributed by atoms with van der Waals surface area (Å²) in [7, 11) is 0. The second kappa shape index (κ2) is 2.30. The van der Waals surface area contributed by atoms with Crippen molar-refractivity contribution in [1.82, 2.24) is 14.9 Å². The summed E-state index contributed by atoms with van der Waals surface area (Å²) in [6.07, 6.45) is 0. The molecule has 0 bridgehead atoms. The van der Waals surface area contributed by atoms with Gasteiger partial charge in [-0.2, -0.15) is 0 Å². The quantitative estimate of drug-likeness (QED) is 0.541. The maximum absolute atomic E-state index is 8.97. The first kappa shape index (κ1) is 6.78. The van der Waals surface area contributed by atoms with Crippen LogP contribution in [0.1, 0.15) is 0 Å². The van der Waals surface area contributed by atoms with Gasteiger partial charge in [-0.05, 0) is 12.1 Å². The second-order valence-electron chi connectivity index (χ2n) is 2.31.